The predicted octanol–water partition coefficient (Wildman–Crippen LogP) is 13.6. The fourth-order valence-electron chi connectivity index (χ4n) is 9.53. The molecule has 0 radical (unpaired) electrons. The highest BCUT2D eigenvalue weighted by atomic mass is 32.1. The molecule has 0 saturated heterocycles. The summed E-state index contributed by atoms with van der Waals surface area (Å²) >= 11 is 1.85. The number of hydrogen-bond donors (Lipinski definition) is 0. The van der Waals surface area contributed by atoms with E-state index in [0.717, 1.165) is 33.5 Å². The molecule has 57 heavy (non-hydrogen) atoms. The lowest BCUT2D eigenvalue weighted by atomic mass is 9.67. The van der Waals surface area contributed by atoms with Crippen LogP contribution in [0.25, 0.3) is 81.6 Å². The second-order valence-electron chi connectivity index (χ2n) is 14.9. The van der Waals surface area contributed by atoms with Gasteiger partial charge >= 0.3 is 0 Å². The average Bonchev–Trinajstić information content (AvgIpc) is 3.93. The number of benzene rings is 8. The van der Waals surface area contributed by atoms with Gasteiger partial charge in [-0.25, -0.2) is 9.97 Å². The van der Waals surface area contributed by atoms with Gasteiger partial charge in [0, 0.05) is 42.1 Å². The zero-order valence-corrected chi connectivity index (χ0v) is 31.6. The fourth-order valence-corrected chi connectivity index (χ4v) is 10.6. The predicted molar refractivity (Wildman–Crippen MR) is 237 cm³/mol. The third-order valence-corrected chi connectivity index (χ3v) is 13.1. The van der Waals surface area contributed by atoms with Crippen LogP contribution < -0.4 is 0 Å². The van der Waals surface area contributed by atoms with Gasteiger partial charge in [0.2, 0.25) is 5.95 Å². The summed E-state index contributed by atoms with van der Waals surface area (Å²) in [5.41, 5.74) is 13.1. The smallest absolute Gasteiger partial charge is 0.235 e. The van der Waals surface area contributed by atoms with Crippen LogP contribution in [0.15, 0.2) is 200 Å². The molecule has 0 N–H and O–H groups in total. The van der Waals surface area contributed by atoms with E-state index in [4.69, 9.17) is 9.97 Å². The number of hydrogen-bond acceptors (Lipinski definition) is 3. The van der Waals surface area contributed by atoms with Crippen molar-refractivity contribution in [3.05, 3.63) is 222 Å². The summed E-state index contributed by atoms with van der Waals surface area (Å²) in [6.07, 6.45) is 0. The minimum absolute atomic E-state index is 0.545. The van der Waals surface area contributed by atoms with E-state index >= 15 is 0 Å². The van der Waals surface area contributed by atoms with Crippen LogP contribution >= 0.6 is 11.3 Å². The quantitative estimate of drug-likeness (QED) is 0.176. The molecular formula is C53H33N3S. The molecule has 0 unspecified atom stereocenters. The van der Waals surface area contributed by atoms with E-state index in [-0.39, 0.29) is 0 Å². The lowest BCUT2D eigenvalue weighted by Crippen LogP contribution is -2.28. The first kappa shape index (κ1) is 32.1. The van der Waals surface area contributed by atoms with Crippen molar-refractivity contribution < 1.29 is 0 Å². The Bertz CT molecular complexity index is 3240. The molecule has 1 aliphatic carbocycles. The molecule has 0 spiro atoms. The highest BCUT2D eigenvalue weighted by molar-refractivity contribution is 7.26. The fraction of sp³-hybridized carbons (Fsp3) is 0.0189. The molecule has 3 aromatic heterocycles. The van der Waals surface area contributed by atoms with Gasteiger partial charge in [-0.15, -0.1) is 11.3 Å². The van der Waals surface area contributed by atoms with Gasteiger partial charge in [-0.3, -0.25) is 4.57 Å². The van der Waals surface area contributed by atoms with Crippen LogP contribution in [0.1, 0.15) is 22.3 Å². The van der Waals surface area contributed by atoms with Crippen LogP contribution in [0.5, 0.6) is 0 Å². The molecule has 0 aliphatic heterocycles. The first-order chi connectivity index (χ1) is 28.3. The van der Waals surface area contributed by atoms with Crippen molar-refractivity contribution in [3.8, 4) is 39.6 Å². The largest absolute Gasteiger partial charge is 0.278 e. The van der Waals surface area contributed by atoms with Crippen LogP contribution in [0.2, 0.25) is 0 Å². The topological polar surface area (TPSA) is 30.7 Å². The third-order valence-electron chi connectivity index (χ3n) is 11.9. The molecule has 1 aliphatic rings. The number of thiophene rings is 1. The zero-order chi connectivity index (χ0) is 37.5. The second kappa shape index (κ2) is 12.4. The highest BCUT2D eigenvalue weighted by Gasteiger charge is 2.46. The van der Waals surface area contributed by atoms with Crippen LogP contribution in [-0.2, 0) is 5.41 Å². The van der Waals surface area contributed by atoms with Crippen LogP contribution in [0, 0.1) is 0 Å². The first-order valence-corrected chi connectivity index (χ1v) is 20.2. The van der Waals surface area contributed by atoms with Crippen LogP contribution in [0.3, 0.4) is 0 Å². The molecular weight excluding hydrogens is 711 g/mol. The van der Waals surface area contributed by atoms with Crippen LogP contribution in [-0.4, -0.2) is 14.5 Å². The van der Waals surface area contributed by atoms with E-state index in [1.807, 2.05) is 11.3 Å². The van der Waals surface area contributed by atoms with E-state index in [9.17, 15) is 0 Å². The molecule has 0 saturated carbocycles. The van der Waals surface area contributed by atoms with E-state index in [1.165, 1.54) is 64.3 Å². The Morgan fingerprint density at radius 2 is 0.982 bits per heavy atom. The zero-order valence-electron chi connectivity index (χ0n) is 30.8. The van der Waals surface area contributed by atoms with Crippen molar-refractivity contribution in [1.82, 2.24) is 14.5 Å². The van der Waals surface area contributed by atoms with Gasteiger partial charge in [0.25, 0.3) is 0 Å². The number of aromatic nitrogens is 3. The van der Waals surface area contributed by atoms with Crippen molar-refractivity contribution in [2.24, 2.45) is 0 Å². The van der Waals surface area contributed by atoms with Gasteiger partial charge in [-0.05, 0) is 63.7 Å². The van der Waals surface area contributed by atoms with Crippen LogP contribution in [0.4, 0.5) is 0 Å². The van der Waals surface area contributed by atoms with Crippen molar-refractivity contribution in [2.75, 3.05) is 0 Å². The van der Waals surface area contributed by atoms with Gasteiger partial charge in [-0.1, -0.05) is 170 Å². The summed E-state index contributed by atoms with van der Waals surface area (Å²) < 4.78 is 4.88. The molecule has 3 heterocycles. The lowest BCUT2D eigenvalue weighted by molar-refractivity contribution is 0.769. The molecule has 0 atom stereocenters. The first-order valence-electron chi connectivity index (χ1n) is 19.4. The molecule has 0 amide bonds. The van der Waals surface area contributed by atoms with Crippen molar-refractivity contribution in [3.63, 3.8) is 0 Å². The molecule has 0 fully saturated rings. The Labute approximate surface area is 333 Å². The Balaban J connectivity index is 1.24. The number of fused-ring (bicyclic) bond motifs is 10. The minimum Gasteiger partial charge on any atom is -0.278 e. The number of rotatable bonds is 5. The van der Waals surface area contributed by atoms with Crippen molar-refractivity contribution in [2.45, 2.75) is 5.41 Å². The average molecular weight is 744 g/mol. The van der Waals surface area contributed by atoms with Crippen molar-refractivity contribution >= 4 is 53.3 Å². The van der Waals surface area contributed by atoms with E-state index in [2.05, 4.69) is 205 Å². The summed E-state index contributed by atoms with van der Waals surface area (Å²) in [4.78, 5) is 10.9. The maximum Gasteiger partial charge on any atom is 0.235 e. The monoisotopic (exact) mass is 743 g/mol. The standard InChI is InChI=1S/C53H33N3S/c1-4-16-34(17-5-1)44-33-45(35-18-6-2-7-19-35)55-52(54-44)56-46-30-31-49-51(41-24-12-15-27-48(41)57-49)50(46)40-29-28-37(32-47(40)56)53(36-20-8-3-9-21-36)42-25-13-10-22-38(42)39-23-11-14-26-43(39)53/h1-33H. The summed E-state index contributed by atoms with van der Waals surface area (Å²) in [6, 6.07) is 72.5. The van der Waals surface area contributed by atoms with E-state index < -0.39 is 5.41 Å². The van der Waals surface area contributed by atoms with Gasteiger partial charge in [0.05, 0.1) is 27.8 Å². The maximum absolute atomic E-state index is 5.43. The Kier molecular flexibility index (Phi) is 7.01. The van der Waals surface area contributed by atoms with Gasteiger partial charge in [0.1, 0.15) is 0 Å². The van der Waals surface area contributed by atoms with Gasteiger partial charge < -0.3 is 0 Å². The van der Waals surface area contributed by atoms with E-state index in [1.54, 1.807) is 0 Å². The summed E-state index contributed by atoms with van der Waals surface area (Å²) in [6.45, 7) is 0. The van der Waals surface area contributed by atoms with Gasteiger partial charge in [0.15, 0.2) is 0 Å². The van der Waals surface area contributed by atoms with E-state index in [0.29, 0.717) is 5.95 Å². The summed E-state index contributed by atoms with van der Waals surface area (Å²) in [7, 11) is 0. The Morgan fingerprint density at radius 3 is 1.65 bits per heavy atom. The molecule has 4 heteroatoms. The third kappa shape index (κ3) is 4.65. The van der Waals surface area contributed by atoms with Gasteiger partial charge in [-0.2, -0.15) is 0 Å². The lowest BCUT2D eigenvalue weighted by Gasteiger charge is -2.34. The molecule has 0 bridgehead atoms. The maximum atomic E-state index is 5.43. The summed E-state index contributed by atoms with van der Waals surface area (Å²) in [5.74, 6) is 0.646. The number of nitrogens with zero attached hydrogens (tertiary/aromatic N) is 3. The second-order valence-corrected chi connectivity index (χ2v) is 16.0. The molecule has 11 aromatic rings. The highest BCUT2D eigenvalue weighted by Crippen LogP contribution is 2.56. The van der Waals surface area contributed by atoms with Crippen molar-refractivity contribution in [1.29, 1.82) is 0 Å². The Morgan fingerprint density at radius 1 is 0.404 bits per heavy atom. The minimum atomic E-state index is -0.545. The Hall–Kier alpha value is -7.14. The normalized spacial score (nSPS) is 13.1. The summed E-state index contributed by atoms with van der Waals surface area (Å²) in [5, 5.41) is 4.96. The molecule has 266 valence electrons. The molecule has 3 nitrogen and oxygen atoms in total. The SMILES string of the molecule is c1ccc(-c2cc(-c3ccccc3)nc(-n3c4cc(C5(c6ccccc6)c6ccccc6-c6ccccc65)ccc4c4c5c(ccc43)sc3ccccc35)n2)cc1. The molecule has 8 aromatic carbocycles. The molecule has 12 rings (SSSR count).